The smallest absolute Gasteiger partial charge is 0.250 e. The molecule has 3 rings (SSSR count). The topological polar surface area (TPSA) is 135 Å². The lowest BCUT2D eigenvalue weighted by atomic mass is 10.1. The van der Waals surface area contributed by atoms with Crippen LogP contribution >= 0.6 is 11.6 Å². The second-order valence-corrected chi connectivity index (χ2v) is 7.14. The van der Waals surface area contributed by atoms with Crippen LogP contribution in [0.4, 0.5) is 0 Å². The summed E-state index contributed by atoms with van der Waals surface area (Å²) >= 11 is 5.92. The molecule has 2 amide bonds. The molecular weight excluding hydrogens is 404 g/mol. The van der Waals surface area contributed by atoms with Gasteiger partial charge in [0.15, 0.2) is 0 Å². The van der Waals surface area contributed by atoms with Crippen LogP contribution in [0.25, 0.3) is 6.08 Å². The van der Waals surface area contributed by atoms with Gasteiger partial charge in [0.25, 0.3) is 5.91 Å². The fraction of sp³-hybridized carbons (Fsp3) is 0.143. The molecule has 0 heterocycles. The zero-order valence-corrected chi connectivity index (χ0v) is 16.7. The quantitative estimate of drug-likeness (QED) is 0.252. The number of nitrogens with two attached hydrogens (primary N) is 2. The van der Waals surface area contributed by atoms with Gasteiger partial charge >= 0.3 is 0 Å². The first-order valence-electron chi connectivity index (χ1n) is 9.19. The lowest BCUT2D eigenvalue weighted by molar-refractivity contribution is -0.121. The lowest BCUT2D eigenvalue weighted by Gasteiger charge is -2.08. The number of nitrogens with zero attached hydrogens (tertiary/aromatic N) is 2. The predicted octanol–water partition coefficient (Wildman–Crippen LogP) is 1.93. The maximum absolute atomic E-state index is 12.6. The Morgan fingerprint density at radius 1 is 1.03 bits per heavy atom. The van der Waals surface area contributed by atoms with E-state index in [9.17, 15) is 9.59 Å². The molecule has 1 aliphatic carbocycles. The van der Waals surface area contributed by atoms with Crippen LogP contribution < -0.4 is 22.1 Å². The molecule has 2 aromatic carbocycles. The van der Waals surface area contributed by atoms with Crippen molar-refractivity contribution in [3.63, 3.8) is 0 Å². The van der Waals surface area contributed by atoms with Gasteiger partial charge in [0.05, 0.1) is 0 Å². The first-order chi connectivity index (χ1) is 14.4. The molecule has 1 aliphatic rings. The number of halogens is 1. The van der Waals surface area contributed by atoms with Crippen molar-refractivity contribution in [2.75, 3.05) is 0 Å². The molecule has 0 radical (unpaired) electrons. The van der Waals surface area contributed by atoms with E-state index in [4.69, 9.17) is 23.1 Å². The highest BCUT2D eigenvalue weighted by molar-refractivity contribution is 6.30. The molecule has 0 aromatic heterocycles. The summed E-state index contributed by atoms with van der Waals surface area (Å²) in [5.74, 6) is -1.33. The van der Waals surface area contributed by atoms with E-state index in [2.05, 4.69) is 20.8 Å². The van der Waals surface area contributed by atoms with Gasteiger partial charge in [0.1, 0.15) is 0 Å². The third kappa shape index (κ3) is 6.18. The van der Waals surface area contributed by atoms with Gasteiger partial charge in [0.2, 0.25) is 17.8 Å². The molecule has 2 unspecified atom stereocenters. The van der Waals surface area contributed by atoms with Crippen LogP contribution in [-0.4, -0.2) is 23.7 Å². The Bertz CT molecular complexity index is 1020. The minimum Gasteiger partial charge on any atom is -0.369 e. The maximum atomic E-state index is 12.6. The Kier molecular flexibility index (Phi) is 6.82. The summed E-state index contributed by atoms with van der Waals surface area (Å²) in [5.41, 5.74) is 12.4. The fourth-order valence-corrected chi connectivity index (χ4v) is 3.09. The Morgan fingerprint density at radius 3 is 2.50 bits per heavy atom. The van der Waals surface area contributed by atoms with E-state index in [1.807, 2.05) is 30.3 Å². The number of guanidine groups is 2. The molecule has 6 N–H and O–H groups in total. The summed E-state index contributed by atoms with van der Waals surface area (Å²) in [7, 11) is 0. The van der Waals surface area contributed by atoms with Gasteiger partial charge in [-0.15, -0.1) is 10.2 Å². The minimum absolute atomic E-state index is 0.133. The average Bonchev–Trinajstić information content (AvgIpc) is 3.52. The van der Waals surface area contributed by atoms with Gasteiger partial charge in [0, 0.05) is 17.0 Å². The highest BCUT2D eigenvalue weighted by atomic mass is 35.5. The molecule has 0 bridgehead atoms. The molecule has 8 nitrogen and oxygen atoms in total. The van der Waals surface area contributed by atoms with Crippen LogP contribution in [0.1, 0.15) is 23.5 Å². The third-order valence-corrected chi connectivity index (χ3v) is 4.61. The van der Waals surface area contributed by atoms with Crippen molar-refractivity contribution in [2.24, 2.45) is 27.6 Å². The Labute approximate surface area is 178 Å². The van der Waals surface area contributed by atoms with Crippen LogP contribution in [0.15, 0.2) is 70.9 Å². The lowest BCUT2D eigenvalue weighted by Crippen LogP contribution is -2.44. The maximum Gasteiger partial charge on any atom is 0.250 e. The number of benzene rings is 2. The number of nitrogens with one attached hydrogen (secondary N) is 2. The van der Waals surface area contributed by atoms with E-state index >= 15 is 0 Å². The monoisotopic (exact) mass is 424 g/mol. The molecule has 0 spiro atoms. The predicted molar refractivity (Wildman–Crippen MR) is 117 cm³/mol. The van der Waals surface area contributed by atoms with E-state index in [0.717, 1.165) is 11.1 Å². The van der Waals surface area contributed by atoms with E-state index in [1.54, 1.807) is 30.3 Å². The SMILES string of the molecule is NC(N)=NN=C(NC(=O)C=Cc1cccc(Cl)c1)NC(=O)C1CC1c1ccccc1. The molecule has 2 aromatic rings. The molecule has 0 aliphatic heterocycles. The number of rotatable bonds is 5. The van der Waals surface area contributed by atoms with E-state index in [-0.39, 0.29) is 29.7 Å². The van der Waals surface area contributed by atoms with Crippen LogP contribution in [0, 0.1) is 5.92 Å². The van der Waals surface area contributed by atoms with Crippen molar-refractivity contribution in [3.8, 4) is 0 Å². The zero-order valence-electron chi connectivity index (χ0n) is 16.0. The summed E-state index contributed by atoms with van der Waals surface area (Å²) in [5, 5.41) is 12.8. The molecule has 9 heteroatoms. The van der Waals surface area contributed by atoms with Crippen molar-refractivity contribution >= 4 is 41.4 Å². The summed E-state index contributed by atoms with van der Waals surface area (Å²) in [6, 6.07) is 16.7. The fourth-order valence-electron chi connectivity index (χ4n) is 2.89. The van der Waals surface area contributed by atoms with Crippen molar-refractivity contribution < 1.29 is 9.59 Å². The van der Waals surface area contributed by atoms with E-state index in [0.29, 0.717) is 11.4 Å². The summed E-state index contributed by atoms with van der Waals surface area (Å²) in [4.78, 5) is 24.8. The standard InChI is InChI=1S/C21H21ClN6O2/c22-15-8-4-5-13(11-15)9-10-18(29)25-21(28-27-20(23)24)26-19(30)17-12-16(17)14-6-2-1-3-7-14/h1-11,16-17H,12H2,(H4,23,24,27)(H2,25,26,28,29,30). The van der Waals surface area contributed by atoms with Gasteiger partial charge in [-0.05, 0) is 41.7 Å². The van der Waals surface area contributed by atoms with E-state index in [1.165, 1.54) is 6.08 Å². The Morgan fingerprint density at radius 2 is 1.80 bits per heavy atom. The number of hydrogen-bond donors (Lipinski definition) is 4. The first-order valence-corrected chi connectivity index (χ1v) is 9.57. The van der Waals surface area contributed by atoms with Crippen LogP contribution in [0.2, 0.25) is 5.02 Å². The normalized spacial score (nSPS) is 18.0. The number of hydrogen-bond acceptors (Lipinski definition) is 4. The first kappa shape index (κ1) is 21.1. The van der Waals surface area contributed by atoms with Crippen LogP contribution in [-0.2, 0) is 9.59 Å². The largest absolute Gasteiger partial charge is 0.369 e. The third-order valence-electron chi connectivity index (χ3n) is 4.38. The summed E-state index contributed by atoms with van der Waals surface area (Å²) < 4.78 is 0. The molecular formula is C21H21ClN6O2. The second-order valence-electron chi connectivity index (χ2n) is 6.70. The van der Waals surface area contributed by atoms with Gasteiger partial charge in [-0.25, -0.2) is 0 Å². The number of carbonyl (C=O) groups is 2. The van der Waals surface area contributed by atoms with Crippen LogP contribution in [0.5, 0.6) is 0 Å². The molecule has 30 heavy (non-hydrogen) atoms. The van der Waals surface area contributed by atoms with Gasteiger partial charge in [-0.3, -0.25) is 20.2 Å². The highest BCUT2D eigenvalue weighted by Crippen LogP contribution is 2.47. The van der Waals surface area contributed by atoms with Crippen molar-refractivity contribution in [2.45, 2.75) is 12.3 Å². The van der Waals surface area contributed by atoms with Crippen LogP contribution in [0.3, 0.4) is 0 Å². The second kappa shape index (κ2) is 9.71. The number of amides is 2. The molecule has 1 saturated carbocycles. The average molecular weight is 425 g/mol. The molecule has 2 atom stereocenters. The van der Waals surface area contributed by atoms with Crippen molar-refractivity contribution in [1.82, 2.24) is 10.6 Å². The zero-order chi connectivity index (χ0) is 21.5. The number of carbonyl (C=O) groups excluding carboxylic acids is 2. The minimum atomic E-state index is -0.518. The molecule has 0 saturated heterocycles. The van der Waals surface area contributed by atoms with Gasteiger partial charge < -0.3 is 11.5 Å². The summed E-state index contributed by atoms with van der Waals surface area (Å²) in [6.07, 6.45) is 3.58. The highest BCUT2D eigenvalue weighted by Gasteiger charge is 2.44. The molecule has 154 valence electrons. The van der Waals surface area contributed by atoms with E-state index < -0.39 is 5.91 Å². The Balaban J connectivity index is 1.63. The van der Waals surface area contributed by atoms with Crippen molar-refractivity contribution in [3.05, 3.63) is 76.8 Å². The Hall–Kier alpha value is -3.65. The summed E-state index contributed by atoms with van der Waals surface area (Å²) in [6.45, 7) is 0. The van der Waals surface area contributed by atoms with Gasteiger partial charge in [-0.1, -0.05) is 54.1 Å². The van der Waals surface area contributed by atoms with Gasteiger partial charge in [-0.2, -0.15) is 0 Å². The molecule has 1 fully saturated rings. The van der Waals surface area contributed by atoms with Crippen molar-refractivity contribution in [1.29, 1.82) is 0 Å².